The third-order valence-electron chi connectivity index (χ3n) is 3.33. The highest BCUT2D eigenvalue weighted by molar-refractivity contribution is 6.04. The molecule has 0 spiro atoms. The molecule has 1 amide bonds. The van der Waals surface area contributed by atoms with E-state index in [-0.39, 0.29) is 5.91 Å². The number of pyridine rings is 1. The fourth-order valence-electron chi connectivity index (χ4n) is 2.33. The quantitative estimate of drug-likeness (QED) is 0.774. The highest BCUT2D eigenvalue weighted by atomic mass is 16.1. The van der Waals surface area contributed by atoms with Gasteiger partial charge in [-0.2, -0.15) is 0 Å². The van der Waals surface area contributed by atoms with Crippen LogP contribution in [0.3, 0.4) is 0 Å². The summed E-state index contributed by atoms with van der Waals surface area (Å²) in [6, 6.07) is 9.06. The fraction of sp³-hybridized carbons (Fsp3) is 0.235. The molecule has 0 atom stereocenters. The number of aromatic nitrogens is 3. The topological polar surface area (TPSA) is 70.7 Å². The molecule has 3 aromatic rings. The van der Waals surface area contributed by atoms with Gasteiger partial charge in [0.15, 0.2) is 0 Å². The van der Waals surface area contributed by atoms with E-state index in [1.54, 1.807) is 24.5 Å². The van der Waals surface area contributed by atoms with Crippen molar-refractivity contribution in [1.82, 2.24) is 15.0 Å². The van der Waals surface area contributed by atoms with Gasteiger partial charge in [-0.1, -0.05) is 13.8 Å². The first-order chi connectivity index (χ1) is 10.6. The third kappa shape index (κ3) is 3.14. The molecule has 0 bridgehead atoms. The lowest BCUT2D eigenvalue weighted by molar-refractivity contribution is 0.102. The molecule has 5 nitrogen and oxygen atoms in total. The summed E-state index contributed by atoms with van der Waals surface area (Å²) < 4.78 is 0. The Labute approximate surface area is 128 Å². The van der Waals surface area contributed by atoms with Crippen LogP contribution in [0.1, 0.15) is 30.0 Å². The molecule has 2 N–H and O–H groups in total. The standard InChI is InChI=1S/C17H18N4O/c1-11(2)9-16-20-14-4-3-13(10-15(14)21-16)19-17(22)12-5-7-18-8-6-12/h3-8,10-11H,9H2,1-2H3,(H,19,22)(H,20,21). The van der Waals surface area contributed by atoms with Gasteiger partial charge < -0.3 is 10.3 Å². The van der Waals surface area contributed by atoms with Gasteiger partial charge in [0.1, 0.15) is 5.82 Å². The largest absolute Gasteiger partial charge is 0.342 e. The second kappa shape index (κ2) is 5.97. The summed E-state index contributed by atoms with van der Waals surface area (Å²) in [6.07, 6.45) is 4.11. The van der Waals surface area contributed by atoms with Crippen molar-refractivity contribution in [3.05, 3.63) is 54.1 Å². The van der Waals surface area contributed by atoms with Crippen LogP contribution in [0.4, 0.5) is 5.69 Å². The summed E-state index contributed by atoms with van der Waals surface area (Å²) >= 11 is 0. The van der Waals surface area contributed by atoms with E-state index < -0.39 is 0 Å². The number of carbonyl (C=O) groups excluding carboxylic acids is 1. The summed E-state index contributed by atoms with van der Waals surface area (Å²) in [5, 5.41) is 2.89. The zero-order chi connectivity index (χ0) is 15.5. The molecule has 0 aliphatic rings. The number of aromatic amines is 1. The molecule has 3 rings (SSSR count). The number of fused-ring (bicyclic) bond motifs is 1. The van der Waals surface area contributed by atoms with E-state index in [1.165, 1.54) is 0 Å². The van der Waals surface area contributed by atoms with Crippen molar-refractivity contribution in [2.45, 2.75) is 20.3 Å². The molecule has 0 saturated carbocycles. The molecule has 112 valence electrons. The molecule has 2 aromatic heterocycles. The number of nitrogens with one attached hydrogen (secondary N) is 2. The van der Waals surface area contributed by atoms with Gasteiger partial charge in [0.25, 0.3) is 5.91 Å². The van der Waals surface area contributed by atoms with Gasteiger partial charge in [-0.05, 0) is 36.2 Å². The Bertz CT molecular complexity index is 793. The molecule has 5 heteroatoms. The van der Waals surface area contributed by atoms with E-state index in [4.69, 9.17) is 0 Å². The Morgan fingerprint density at radius 2 is 2.00 bits per heavy atom. The van der Waals surface area contributed by atoms with Crippen LogP contribution >= 0.6 is 0 Å². The normalized spacial score (nSPS) is 11.0. The molecule has 0 radical (unpaired) electrons. The number of hydrogen-bond acceptors (Lipinski definition) is 3. The van der Waals surface area contributed by atoms with E-state index in [2.05, 4.69) is 34.1 Å². The third-order valence-corrected chi connectivity index (χ3v) is 3.33. The number of carbonyl (C=O) groups is 1. The minimum Gasteiger partial charge on any atom is -0.342 e. The number of benzene rings is 1. The van der Waals surface area contributed by atoms with Crippen LogP contribution in [0.25, 0.3) is 11.0 Å². The fourth-order valence-corrected chi connectivity index (χ4v) is 2.33. The predicted octanol–water partition coefficient (Wildman–Crippen LogP) is 3.41. The number of anilines is 1. The summed E-state index contributed by atoms with van der Waals surface area (Å²) in [5.41, 5.74) is 3.18. The number of nitrogens with zero attached hydrogens (tertiary/aromatic N) is 2. The van der Waals surface area contributed by atoms with Crippen LogP contribution in [0.15, 0.2) is 42.7 Å². The van der Waals surface area contributed by atoms with Gasteiger partial charge in [-0.15, -0.1) is 0 Å². The summed E-state index contributed by atoms with van der Waals surface area (Å²) in [6.45, 7) is 4.32. The van der Waals surface area contributed by atoms with E-state index in [0.29, 0.717) is 11.5 Å². The maximum atomic E-state index is 12.1. The van der Waals surface area contributed by atoms with Crippen LogP contribution in [-0.2, 0) is 6.42 Å². The van der Waals surface area contributed by atoms with Gasteiger partial charge in [0.05, 0.1) is 11.0 Å². The zero-order valence-corrected chi connectivity index (χ0v) is 12.6. The van der Waals surface area contributed by atoms with Crippen LogP contribution in [0, 0.1) is 5.92 Å². The summed E-state index contributed by atoms with van der Waals surface area (Å²) in [7, 11) is 0. The van der Waals surface area contributed by atoms with Crippen molar-refractivity contribution < 1.29 is 4.79 Å². The predicted molar refractivity (Wildman–Crippen MR) is 86.8 cm³/mol. The molecule has 0 aliphatic heterocycles. The lowest BCUT2D eigenvalue weighted by atomic mass is 10.1. The Hall–Kier alpha value is -2.69. The number of H-pyrrole nitrogens is 1. The maximum absolute atomic E-state index is 12.1. The first-order valence-electron chi connectivity index (χ1n) is 7.32. The molecule has 0 saturated heterocycles. The number of hydrogen-bond donors (Lipinski definition) is 2. The highest BCUT2D eigenvalue weighted by Crippen LogP contribution is 2.19. The zero-order valence-electron chi connectivity index (χ0n) is 12.6. The Kier molecular flexibility index (Phi) is 3.87. The monoisotopic (exact) mass is 294 g/mol. The highest BCUT2D eigenvalue weighted by Gasteiger charge is 2.08. The van der Waals surface area contributed by atoms with Gasteiger partial charge in [-0.25, -0.2) is 4.98 Å². The van der Waals surface area contributed by atoms with Crippen LogP contribution in [-0.4, -0.2) is 20.9 Å². The van der Waals surface area contributed by atoms with Gasteiger partial charge >= 0.3 is 0 Å². The first-order valence-corrected chi connectivity index (χ1v) is 7.32. The van der Waals surface area contributed by atoms with Crippen molar-refractivity contribution >= 4 is 22.6 Å². The van der Waals surface area contributed by atoms with Crippen LogP contribution in [0.2, 0.25) is 0 Å². The molecule has 0 aliphatic carbocycles. The van der Waals surface area contributed by atoms with Crippen molar-refractivity contribution in [3.8, 4) is 0 Å². The van der Waals surface area contributed by atoms with Gasteiger partial charge in [0, 0.05) is 30.1 Å². The summed E-state index contributed by atoms with van der Waals surface area (Å²) in [5.74, 6) is 1.37. The van der Waals surface area contributed by atoms with E-state index >= 15 is 0 Å². The minimum atomic E-state index is -0.149. The smallest absolute Gasteiger partial charge is 0.255 e. The molecule has 0 fully saturated rings. The molecule has 1 aromatic carbocycles. The Morgan fingerprint density at radius 1 is 1.23 bits per heavy atom. The second-order valence-corrected chi connectivity index (χ2v) is 5.70. The average Bonchev–Trinajstić information content (AvgIpc) is 2.88. The van der Waals surface area contributed by atoms with Gasteiger partial charge in [-0.3, -0.25) is 9.78 Å². The van der Waals surface area contributed by atoms with E-state index in [1.807, 2.05) is 18.2 Å². The Morgan fingerprint density at radius 3 is 2.73 bits per heavy atom. The molecular weight excluding hydrogens is 276 g/mol. The lowest BCUT2D eigenvalue weighted by Gasteiger charge is -2.04. The molecule has 22 heavy (non-hydrogen) atoms. The molecule has 0 unspecified atom stereocenters. The molecular formula is C17H18N4O. The Balaban J connectivity index is 1.81. The summed E-state index contributed by atoms with van der Waals surface area (Å²) in [4.78, 5) is 23.9. The SMILES string of the molecule is CC(C)Cc1nc2ccc(NC(=O)c3ccncc3)cc2[nH]1. The van der Waals surface area contributed by atoms with E-state index in [0.717, 1.165) is 29.0 Å². The number of amides is 1. The molecule has 2 heterocycles. The number of imidazole rings is 1. The number of rotatable bonds is 4. The van der Waals surface area contributed by atoms with Crippen molar-refractivity contribution in [3.63, 3.8) is 0 Å². The lowest BCUT2D eigenvalue weighted by Crippen LogP contribution is -2.11. The van der Waals surface area contributed by atoms with Crippen LogP contribution < -0.4 is 5.32 Å². The van der Waals surface area contributed by atoms with Crippen molar-refractivity contribution in [1.29, 1.82) is 0 Å². The van der Waals surface area contributed by atoms with Crippen LogP contribution in [0.5, 0.6) is 0 Å². The van der Waals surface area contributed by atoms with Gasteiger partial charge in [0.2, 0.25) is 0 Å². The van der Waals surface area contributed by atoms with E-state index in [9.17, 15) is 4.79 Å². The van der Waals surface area contributed by atoms with Crippen molar-refractivity contribution in [2.24, 2.45) is 5.92 Å². The average molecular weight is 294 g/mol. The first kappa shape index (κ1) is 14.3. The second-order valence-electron chi connectivity index (χ2n) is 5.70. The maximum Gasteiger partial charge on any atom is 0.255 e. The minimum absolute atomic E-state index is 0.149. The van der Waals surface area contributed by atoms with Crippen molar-refractivity contribution in [2.75, 3.05) is 5.32 Å².